The lowest BCUT2D eigenvalue weighted by atomic mass is 10.1. The SMILES string of the molecule is CC1COC[C@@H](c2ccc3scnc3c2)N1. The first-order valence-corrected chi connectivity index (χ1v) is 6.38. The zero-order valence-corrected chi connectivity index (χ0v) is 9.96. The lowest BCUT2D eigenvalue weighted by molar-refractivity contribution is 0.0504. The van der Waals surface area contributed by atoms with E-state index in [4.69, 9.17) is 4.74 Å². The summed E-state index contributed by atoms with van der Waals surface area (Å²) in [4.78, 5) is 4.34. The molecule has 2 heterocycles. The van der Waals surface area contributed by atoms with E-state index in [1.165, 1.54) is 10.3 Å². The summed E-state index contributed by atoms with van der Waals surface area (Å²) in [6.45, 7) is 3.70. The normalized spacial score (nSPS) is 26.1. The van der Waals surface area contributed by atoms with Gasteiger partial charge in [0.15, 0.2) is 0 Å². The minimum atomic E-state index is 0.301. The Morgan fingerprint density at radius 2 is 2.38 bits per heavy atom. The standard InChI is InChI=1S/C12H14N2OS/c1-8-5-15-6-11(14-8)9-2-3-12-10(4-9)13-7-16-12/h2-4,7-8,11,14H,5-6H2,1H3/t8?,11-/m0/s1. The molecule has 1 aliphatic rings. The molecule has 1 fully saturated rings. The summed E-state index contributed by atoms with van der Waals surface area (Å²) in [6, 6.07) is 7.19. The monoisotopic (exact) mass is 234 g/mol. The number of fused-ring (bicyclic) bond motifs is 1. The van der Waals surface area contributed by atoms with Gasteiger partial charge in [0.05, 0.1) is 35.0 Å². The Morgan fingerprint density at radius 1 is 1.44 bits per heavy atom. The summed E-state index contributed by atoms with van der Waals surface area (Å²) in [5, 5.41) is 3.54. The fourth-order valence-corrected chi connectivity index (χ4v) is 2.75. The van der Waals surface area contributed by atoms with E-state index in [0.29, 0.717) is 12.1 Å². The van der Waals surface area contributed by atoms with Crippen LogP contribution in [0.15, 0.2) is 23.7 Å². The van der Waals surface area contributed by atoms with E-state index in [0.717, 1.165) is 18.7 Å². The minimum Gasteiger partial charge on any atom is -0.378 e. The topological polar surface area (TPSA) is 34.1 Å². The van der Waals surface area contributed by atoms with Crippen LogP contribution in [0.5, 0.6) is 0 Å². The molecule has 84 valence electrons. The summed E-state index contributed by atoms with van der Waals surface area (Å²) < 4.78 is 6.81. The van der Waals surface area contributed by atoms with Crippen molar-refractivity contribution in [1.29, 1.82) is 0 Å². The second kappa shape index (κ2) is 4.13. The highest BCUT2D eigenvalue weighted by molar-refractivity contribution is 7.16. The summed E-state index contributed by atoms with van der Waals surface area (Å²) in [5.41, 5.74) is 4.24. The molecule has 2 aromatic rings. The molecule has 0 saturated carbocycles. The molecule has 1 aromatic heterocycles. The van der Waals surface area contributed by atoms with Gasteiger partial charge < -0.3 is 10.1 Å². The van der Waals surface area contributed by atoms with Gasteiger partial charge in [-0.05, 0) is 24.6 Å². The third-order valence-electron chi connectivity index (χ3n) is 2.89. The van der Waals surface area contributed by atoms with Crippen LogP contribution >= 0.6 is 11.3 Å². The number of benzene rings is 1. The molecule has 4 heteroatoms. The van der Waals surface area contributed by atoms with Crippen LogP contribution in [-0.2, 0) is 4.74 Å². The number of hydrogen-bond donors (Lipinski definition) is 1. The molecule has 0 spiro atoms. The van der Waals surface area contributed by atoms with Gasteiger partial charge in [-0.15, -0.1) is 11.3 Å². The van der Waals surface area contributed by atoms with Crippen LogP contribution < -0.4 is 5.32 Å². The lowest BCUT2D eigenvalue weighted by Crippen LogP contribution is -2.41. The summed E-state index contributed by atoms with van der Waals surface area (Å²) in [6.07, 6.45) is 0. The maximum absolute atomic E-state index is 5.56. The van der Waals surface area contributed by atoms with Gasteiger partial charge in [-0.25, -0.2) is 4.98 Å². The first-order chi connectivity index (χ1) is 7.83. The fourth-order valence-electron chi connectivity index (χ4n) is 2.09. The van der Waals surface area contributed by atoms with Crippen molar-refractivity contribution in [2.24, 2.45) is 0 Å². The van der Waals surface area contributed by atoms with Crippen LogP contribution in [0.3, 0.4) is 0 Å². The van der Waals surface area contributed by atoms with E-state index in [2.05, 4.69) is 35.4 Å². The van der Waals surface area contributed by atoms with Crippen molar-refractivity contribution in [2.45, 2.75) is 19.0 Å². The predicted octanol–water partition coefficient (Wildman–Crippen LogP) is 2.35. The van der Waals surface area contributed by atoms with Gasteiger partial charge >= 0.3 is 0 Å². The first kappa shape index (κ1) is 10.2. The maximum atomic E-state index is 5.56. The molecule has 0 radical (unpaired) electrons. The first-order valence-electron chi connectivity index (χ1n) is 5.50. The molecular formula is C12H14N2OS. The highest BCUT2D eigenvalue weighted by atomic mass is 32.1. The van der Waals surface area contributed by atoms with E-state index < -0.39 is 0 Å². The van der Waals surface area contributed by atoms with Gasteiger partial charge in [-0.3, -0.25) is 0 Å². The van der Waals surface area contributed by atoms with Crippen LogP contribution in [0.1, 0.15) is 18.5 Å². The number of aromatic nitrogens is 1. The lowest BCUT2D eigenvalue weighted by Gasteiger charge is -2.29. The van der Waals surface area contributed by atoms with E-state index in [9.17, 15) is 0 Å². The molecule has 1 aliphatic heterocycles. The zero-order chi connectivity index (χ0) is 11.0. The third-order valence-corrected chi connectivity index (χ3v) is 3.70. The van der Waals surface area contributed by atoms with E-state index in [-0.39, 0.29) is 0 Å². The largest absolute Gasteiger partial charge is 0.378 e. The van der Waals surface area contributed by atoms with Crippen LogP contribution in [0.2, 0.25) is 0 Å². The third kappa shape index (κ3) is 1.84. The van der Waals surface area contributed by atoms with Crippen molar-refractivity contribution in [3.63, 3.8) is 0 Å². The van der Waals surface area contributed by atoms with Gasteiger partial charge in [0.2, 0.25) is 0 Å². The number of thiazole rings is 1. The summed E-state index contributed by atoms with van der Waals surface area (Å²) in [5.74, 6) is 0. The second-order valence-electron chi connectivity index (χ2n) is 4.24. The van der Waals surface area contributed by atoms with Crippen molar-refractivity contribution in [2.75, 3.05) is 13.2 Å². The zero-order valence-electron chi connectivity index (χ0n) is 9.14. The van der Waals surface area contributed by atoms with Crippen LogP contribution in [-0.4, -0.2) is 24.2 Å². The smallest absolute Gasteiger partial charge is 0.0815 e. The fraction of sp³-hybridized carbons (Fsp3) is 0.417. The number of nitrogens with zero attached hydrogens (tertiary/aromatic N) is 1. The van der Waals surface area contributed by atoms with Gasteiger partial charge in [-0.2, -0.15) is 0 Å². The van der Waals surface area contributed by atoms with Crippen LogP contribution in [0, 0.1) is 0 Å². The quantitative estimate of drug-likeness (QED) is 0.822. The minimum absolute atomic E-state index is 0.301. The molecule has 2 atom stereocenters. The summed E-state index contributed by atoms with van der Waals surface area (Å²) in [7, 11) is 0. The number of nitrogens with one attached hydrogen (secondary N) is 1. The number of hydrogen-bond acceptors (Lipinski definition) is 4. The second-order valence-corrected chi connectivity index (χ2v) is 5.12. The molecule has 1 aromatic carbocycles. The van der Waals surface area contributed by atoms with Crippen LogP contribution in [0.25, 0.3) is 10.2 Å². The Labute approximate surface area is 98.5 Å². The molecule has 3 rings (SSSR count). The average Bonchev–Trinajstić information content (AvgIpc) is 2.75. The Kier molecular flexibility index (Phi) is 2.63. The molecule has 1 unspecified atom stereocenters. The Hall–Kier alpha value is -0.970. The molecule has 1 saturated heterocycles. The molecular weight excluding hydrogens is 220 g/mol. The van der Waals surface area contributed by atoms with Crippen molar-refractivity contribution < 1.29 is 4.74 Å². The number of morpholine rings is 1. The predicted molar refractivity (Wildman–Crippen MR) is 65.8 cm³/mol. The van der Waals surface area contributed by atoms with E-state index >= 15 is 0 Å². The molecule has 16 heavy (non-hydrogen) atoms. The summed E-state index contributed by atoms with van der Waals surface area (Å²) >= 11 is 1.68. The maximum Gasteiger partial charge on any atom is 0.0815 e. The van der Waals surface area contributed by atoms with Crippen molar-refractivity contribution in [3.8, 4) is 0 Å². The molecule has 0 bridgehead atoms. The molecule has 0 aliphatic carbocycles. The number of rotatable bonds is 1. The van der Waals surface area contributed by atoms with Gasteiger partial charge in [0.25, 0.3) is 0 Å². The molecule has 3 nitrogen and oxygen atoms in total. The van der Waals surface area contributed by atoms with E-state index in [1.54, 1.807) is 11.3 Å². The van der Waals surface area contributed by atoms with Gasteiger partial charge in [0.1, 0.15) is 0 Å². The van der Waals surface area contributed by atoms with E-state index in [1.807, 2.05) is 5.51 Å². The average molecular weight is 234 g/mol. The van der Waals surface area contributed by atoms with Gasteiger partial charge in [0, 0.05) is 6.04 Å². The van der Waals surface area contributed by atoms with Crippen molar-refractivity contribution in [1.82, 2.24) is 10.3 Å². The van der Waals surface area contributed by atoms with Crippen molar-refractivity contribution >= 4 is 21.6 Å². The van der Waals surface area contributed by atoms with Crippen molar-refractivity contribution in [3.05, 3.63) is 29.3 Å². The Balaban J connectivity index is 1.92. The van der Waals surface area contributed by atoms with Gasteiger partial charge in [-0.1, -0.05) is 6.07 Å². The Morgan fingerprint density at radius 3 is 3.25 bits per heavy atom. The Bertz CT molecular complexity index is 496. The molecule has 1 N–H and O–H groups in total. The van der Waals surface area contributed by atoms with Crippen LogP contribution in [0.4, 0.5) is 0 Å². The molecule has 0 amide bonds. The number of ether oxygens (including phenoxy) is 1. The highest BCUT2D eigenvalue weighted by Crippen LogP contribution is 2.24. The highest BCUT2D eigenvalue weighted by Gasteiger charge is 2.20.